The van der Waals surface area contributed by atoms with Crippen LogP contribution in [0.1, 0.15) is 26.5 Å². The normalized spacial score (nSPS) is 15.0. The largest absolute Gasteiger partial charge is 0.325 e. The molecule has 190 valence electrons. The molecule has 1 fully saturated rings. The highest BCUT2D eigenvalue weighted by atomic mass is 19.1. The van der Waals surface area contributed by atoms with Gasteiger partial charge in [-0.15, -0.1) is 0 Å². The molecule has 1 aliphatic heterocycles. The van der Waals surface area contributed by atoms with Gasteiger partial charge in [0.05, 0.1) is 24.5 Å². The zero-order valence-electron chi connectivity index (χ0n) is 21.0. The Morgan fingerprint density at radius 3 is 2.06 bits per heavy atom. The number of nitrogens with one attached hydrogen (secondary N) is 2. The van der Waals surface area contributed by atoms with Crippen molar-refractivity contribution in [1.82, 2.24) is 19.6 Å². The fraction of sp³-hybridized carbons (Fsp3) is 0.370. The predicted molar refractivity (Wildman–Crippen MR) is 139 cm³/mol. The van der Waals surface area contributed by atoms with Crippen LogP contribution in [0.3, 0.4) is 0 Å². The maximum absolute atomic E-state index is 13.3. The Morgan fingerprint density at radius 2 is 1.47 bits per heavy atom. The maximum atomic E-state index is 13.3. The van der Waals surface area contributed by atoms with Gasteiger partial charge in [0.2, 0.25) is 11.8 Å². The molecule has 9 heteroatoms. The Balaban J connectivity index is 1.30. The molecule has 1 aliphatic rings. The Morgan fingerprint density at radius 1 is 0.861 bits per heavy atom. The second-order valence-electron chi connectivity index (χ2n) is 10.1. The smallest absolute Gasteiger partial charge is 0.239 e. The Labute approximate surface area is 211 Å². The highest BCUT2D eigenvalue weighted by molar-refractivity contribution is 5.92. The van der Waals surface area contributed by atoms with Crippen molar-refractivity contribution in [3.63, 3.8) is 0 Å². The molecule has 0 atom stereocenters. The standard InChI is InChI=1S/C27H33FN6O2/c1-27(2,3)23-17-24(34(31-23)22-10-5-4-6-11-22)30-26(36)19-33-14-12-32(13-15-33)18-25(35)29-21-9-7-8-20(28)16-21/h4-11,16-17H,12-15,18-19H2,1-3H3,(H,29,35)(H,30,36). The van der Waals surface area contributed by atoms with Crippen LogP contribution in [0.4, 0.5) is 15.9 Å². The van der Waals surface area contributed by atoms with Crippen LogP contribution in [-0.2, 0) is 15.0 Å². The van der Waals surface area contributed by atoms with E-state index in [9.17, 15) is 14.0 Å². The molecule has 8 nitrogen and oxygen atoms in total. The molecule has 1 aromatic heterocycles. The first-order valence-electron chi connectivity index (χ1n) is 12.1. The summed E-state index contributed by atoms with van der Waals surface area (Å²) >= 11 is 0. The minimum atomic E-state index is -0.388. The lowest BCUT2D eigenvalue weighted by molar-refractivity contribution is -0.120. The summed E-state index contributed by atoms with van der Waals surface area (Å²) < 4.78 is 15.1. The second kappa shape index (κ2) is 11.0. The van der Waals surface area contributed by atoms with Gasteiger partial charge < -0.3 is 10.6 Å². The number of amides is 2. The van der Waals surface area contributed by atoms with Gasteiger partial charge in [0.25, 0.3) is 0 Å². The Bertz CT molecular complexity index is 1200. The van der Waals surface area contributed by atoms with Crippen molar-refractivity contribution in [1.29, 1.82) is 0 Å². The molecule has 2 aromatic carbocycles. The summed E-state index contributed by atoms with van der Waals surface area (Å²) in [5, 5.41) is 10.5. The summed E-state index contributed by atoms with van der Waals surface area (Å²) in [6, 6.07) is 17.5. The molecule has 0 saturated carbocycles. The van der Waals surface area contributed by atoms with Gasteiger partial charge in [0.15, 0.2) is 0 Å². The number of carbonyl (C=O) groups is 2. The average Bonchev–Trinajstić information content (AvgIpc) is 3.25. The molecule has 2 amide bonds. The highest BCUT2D eigenvalue weighted by Crippen LogP contribution is 2.26. The van der Waals surface area contributed by atoms with Gasteiger partial charge in [-0.05, 0) is 30.3 Å². The first kappa shape index (κ1) is 25.5. The number of piperazine rings is 1. The molecule has 4 rings (SSSR count). The molecule has 3 aromatic rings. The third-order valence-electron chi connectivity index (χ3n) is 6.05. The summed E-state index contributed by atoms with van der Waals surface area (Å²) in [6.07, 6.45) is 0. The number of anilines is 2. The zero-order chi connectivity index (χ0) is 25.7. The Kier molecular flexibility index (Phi) is 7.81. The molecule has 0 unspecified atom stereocenters. The van der Waals surface area contributed by atoms with E-state index in [0.29, 0.717) is 37.7 Å². The monoisotopic (exact) mass is 492 g/mol. The van der Waals surface area contributed by atoms with Crippen molar-refractivity contribution < 1.29 is 14.0 Å². The lowest BCUT2D eigenvalue weighted by Gasteiger charge is -2.33. The topological polar surface area (TPSA) is 82.5 Å². The summed E-state index contributed by atoms with van der Waals surface area (Å²) in [6.45, 7) is 9.44. The molecule has 36 heavy (non-hydrogen) atoms. The van der Waals surface area contributed by atoms with Crippen LogP contribution in [-0.4, -0.2) is 70.7 Å². The lowest BCUT2D eigenvalue weighted by atomic mass is 9.92. The number of carbonyl (C=O) groups excluding carboxylic acids is 2. The highest BCUT2D eigenvalue weighted by Gasteiger charge is 2.24. The number of rotatable bonds is 7. The van der Waals surface area contributed by atoms with Gasteiger partial charge in [0.1, 0.15) is 11.6 Å². The second-order valence-corrected chi connectivity index (χ2v) is 10.1. The minimum absolute atomic E-state index is 0.107. The maximum Gasteiger partial charge on any atom is 0.239 e. The number of benzene rings is 2. The van der Waals surface area contributed by atoms with E-state index in [4.69, 9.17) is 5.10 Å². The van der Waals surface area contributed by atoms with Crippen LogP contribution >= 0.6 is 0 Å². The third-order valence-corrected chi connectivity index (χ3v) is 6.05. The Hall–Kier alpha value is -3.56. The van der Waals surface area contributed by atoms with Crippen molar-refractivity contribution in [3.8, 4) is 5.69 Å². The van der Waals surface area contributed by atoms with E-state index in [1.165, 1.54) is 12.1 Å². The van der Waals surface area contributed by atoms with Crippen LogP contribution in [0.2, 0.25) is 0 Å². The molecular formula is C27H33FN6O2. The van der Waals surface area contributed by atoms with E-state index in [-0.39, 0.29) is 36.1 Å². The minimum Gasteiger partial charge on any atom is -0.325 e. The van der Waals surface area contributed by atoms with Crippen molar-refractivity contribution in [2.75, 3.05) is 49.9 Å². The van der Waals surface area contributed by atoms with Gasteiger partial charge >= 0.3 is 0 Å². The number of aromatic nitrogens is 2. The quantitative estimate of drug-likeness (QED) is 0.528. The van der Waals surface area contributed by atoms with Crippen LogP contribution < -0.4 is 10.6 Å². The first-order chi connectivity index (χ1) is 17.2. The van der Waals surface area contributed by atoms with Crippen molar-refractivity contribution in [2.24, 2.45) is 0 Å². The fourth-order valence-electron chi connectivity index (χ4n) is 4.06. The van der Waals surface area contributed by atoms with E-state index in [0.717, 1.165) is 11.4 Å². The molecule has 2 N–H and O–H groups in total. The van der Waals surface area contributed by atoms with Gasteiger partial charge in [-0.2, -0.15) is 5.10 Å². The van der Waals surface area contributed by atoms with E-state index >= 15 is 0 Å². The molecule has 1 saturated heterocycles. The van der Waals surface area contributed by atoms with E-state index in [1.807, 2.05) is 41.3 Å². The van der Waals surface area contributed by atoms with E-state index in [2.05, 4.69) is 36.3 Å². The fourth-order valence-corrected chi connectivity index (χ4v) is 4.06. The molecular weight excluding hydrogens is 459 g/mol. The van der Waals surface area contributed by atoms with Crippen LogP contribution in [0.5, 0.6) is 0 Å². The summed E-state index contributed by atoms with van der Waals surface area (Å²) in [7, 11) is 0. The van der Waals surface area contributed by atoms with Gasteiger partial charge in [-0.3, -0.25) is 19.4 Å². The molecule has 0 spiro atoms. The lowest BCUT2D eigenvalue weighted by Crippen LogP contribution is -2.50. The summed E-state index contributed by atoms with van der Waals surface area (Å²) in [4.78, 5) is 29.3. The zero-order valence-corrected chi connectivity index (χ0v) is 21.0. The number of hydrogen-bond donors (Lipinski definition) is 2. The number of nitrogens with zero attached hydrogens (tertiary/aromatic N) is 4. The van der Waals surface area contributed by atoms with E-state index < -0.39 is 0 Å². The number of para-hydroxylation sites is 1. The van der Waals surface area contributed by atoms with Crippen LogP contribution in [0, 0.1) is 5.82 Å². The molecule has 0 aliphatic carbocycles. The summed E-state index contributed by atoms with van der Waals surface area (Å²) in [5.41, 5.74) is 2.07. The predicted octanol–water partition coefficient (Wildman–Crippen LogP) is 3.50. The first-order valence-corrected chi connectivity index (χ1v) is 12.1. The van der Waals surface area contributed by atoms with Crippen molar-refractivity contribution in [3.05, 3.63) is 72.2 Å². The van der Waals surface area contributed by atoms with Crippen LogP contribution in [0.25, 0.3) is 5.69 Å². The van der Waals surface area contributed by atoms with Gasteiger partial charge in [0, 0.05) is 43.3 Å². The van der Waals surface area contributed by atoms with Gasteiger partial charge in [-0.1, -0.05) is 45.0 Å². The average molecular weight is 493 g/mol. The third kappa shape index (κ3) is 6.77. The number of halogens is 1. The summed E-state index contributed by atoms with van der Waals surface area (Å²) in [5.74, 6) is -0.0367. The van der Waals surface area contributed by atoms with Gasteiger partial charge in [-0.25, -0.2) is 9.07 Å². The van der Waals surface area contributed by atoms with E-state index in [1.54, 1.807) is 16.8 Å². The number of hydrogen-bond acceptors (Lipinski definition) is 5. The van der Waals surface area contributed by atoms with Crippen LogP contribution in [0.15, 0.2) is 60.7 Å². The SMILES string of the molecule is CC(C)(C)c1cc(NC(=O)CN2CCN(CC(=O)Nc3cccc(F)c3)CC2)n(-c2ccccc2)n1. The van der Waals surface area contributed by atoms with Crippen molar-refractivity contribution in [2.45, 2.75) is 26.2 Å². The van der Waals surface area contributed by atoms with Crippen molar-refractivity contribution >= 4 is 23.3 Å². The molecule has 0 radical (unpaired) electrons. The molecule has 2 heterocycles. The molecule has 0 bridgehead atoms.